The zero-order valence-corrected chi connectivity index (χ0v) is 16.0. The summed E-state index contributed by atoms with van der Waals surface area (Å²) in [6.07, 6.45) is 3.85. The molecule has 1 heterocycles. The molecule has 1 amide bonds. The SMILES string of the molecule is Cc1ccc(-c2nnc(SCCC(=O)Nc3ccc4c(c3)CCC4)o2)cc1. The molecule has 1 aliphatic rings. The van der Waals surface area contributed by atoms with Crippen LogP contribution in [0.3, 0.4) is 0 Å². The van der Waals surface area contributed by atoms with Crippen molar-refractivity contribution in [3.05, 3.63) is 59.2 Å². The molecular weight excluding hydrogens is 358 g/mol. The first-order valence-electron chi connectivity index (χ1n) is 9.12. The second-order valence-corrected chi connectivity index (χ2v) is 7.77. The van der Waals surface area contributed by atoms with Crippen molar-refractivity contribution in [1.82, 2.24) is 10.2 Å². The van der Waals surface area contributed by atoms with Crippen LogP contribution in [0.4, 0.5) is 5.69 Å². The Morgan fingerprint density at radius 3 is 2.78 bits per heavy atom. The second kappa shape index (κ2) is 7.96. The minimum atomic E-state index is -0.00118. The van der Waals surface area contributed by atoms with Crippen LogP contribution in [-0.4, -0.2) is 21.9 Å². The van der Waals surface area contributed by atoms with Crippen LogP contribution < -0.4 is 5.32 Å². The number of benzene rings is 2. The second-order valence-electron chi connectivity index (χ2n) is 6.72. The van der Waals surface area contributed by atoms with Gasteiger partial charge in [0, 0.05) is 23.4 Å². The zero-order chi connectivity index (χ0) is 18.6. The van der Waals surface area contributed by atoms with E-state index in [0.29, 0.717) is 23.3 Å². The molecule has 3 aromatic rings. The predicted octanol–water partition coefficient (Wildman–Crippen LogP) is 4.65. The number of fused-ring (bicyclic) bond motifs is 1. The van der Waals surface area contributed by atoms with E-state index in [1.165, 1.54) is 34.9 Å². The molecule has 0 unspecified atom stereocenters. The van der Waals surface area contributed by atoms with Gasteiger partial charge in [-0.05, 0) is 61.6 Å². The van der Waals surface area contributed by atoms with Crippen molar-refractivity contribution in [2.24, 2.45) is 0 Å². The van der Waals surface area contributed by atoms with Gasteiger partial charge in [-0.2, -0.15) is 0 Å². The maximum atomic E-state index is 12.2. The molecule has 6 heteroatoms. The predicted molar refractivity (Wildman–Crippen MR) is 107 cm³/mol. The number of aromatic nitrogens is 2. The standard InChI is InChI=1S/C21H21N3O2S/c1-14-5-7-16(8-6-14)20-23-24-21(26-20)27-12-11-19(25)22-18-10-9-15-3-2-4-17(15)13-18/h5-10,13H,2-4,11-12H2,1H3,(H,22,25). The molecule has 0 saturated heterocycles. The zero-order valence-electron chi connectivity index (χ0n) is 15.2. The lowest BCUT2D eigenvalue weighted by molar-refractivity contribution is -0.115. The van der Waals surface area contributed by atoms with E-state index >= 15 is 0 Å². The molecule has 0 spiro atoms. The maximum absolute atomic E-state index is 12.2. The van der Waals surface area contributed by atoms with Crippen LogP contribution >= 0.6 is 11.8 Å². The van der Waals surface area contributed by atoms with Crippen molar-refractivity contribution in [3.63, 3.8) is 0 Å². The Balaban J connectivity index is 1.27. The molecule has 27 heavy (non-hydrogen) atoms. The molecule has 4 rings (SSSR count). The molecule has 0 saturated carbocycles. The molecule has 0 bridgehead atoms. The molecule has 0 fully saturated rings. The number of amides is 1. The third-order valence-corrected chi connectivity index (χ3v) is 5.46. The number of anilines is 1. The summed E-state index contributed by atoms with van der Waals surface area (Å²) in [7, 11) is 0. The van der Waals surface area contributed by atoms with Crippen LogP contribution in [0.25, 0.3) is 11.5 Å². The van der Waals surface area contributed by atoms with Crippen molar-refractivity contribution in [3.8, 4) is 11.5 Å². The Morgan fingerprint density at radius 1 is 1.11 bits per heavy atom. The van der Waals surface area contributed by atoms with Crippen molar-refractivity contribution in [2.45, 2.75) is 37.8 Å². The lowest BCUT2D eigenvalue weighted by Crippen LogP contribution is -2.12. The fourth-order valence-corrected chi connectivity index (χ4v) is 3.88. The van der Waals surface area contributed by atoms with Crippen molar-refractivity contribution >= 4 is 23.4 Å². The van der Waals surface area contributed by atoms with Gasteiger partial charge in [0.05, 0.1) is 0 Å². The summed E-state index contributed by atoms with van der Waals surface area (Å²) in [6, 6.07) is 14.1. The number of nitrogens with zero attached hydrogens (tertiary/aromatic N) is 2. The van der Waals surface area contributed by atoms with Gasteiger partial charge in [0.2, 0.25) is 11.8 Å². The lowest BCUT2D eigenvalue weighted by atomic mass is 10.1. The van der Waals surface area contributed by atoms with Gasteiger partial charge in [-0.25, -0.2) is 0 Å². The molecule has 138 valence electrons. The van der Waals surface area contributed by atoms with Crippen LogP contribution in [0.5, 0.6) is 0 Å². The highest BCUT2D eigenvalue weighted by Crippen LogP contribution is 2.26. The van der Waals surface area contributed by atoms with E-state index in [0.717, 1.165) is 24.1 Å². The normalized spacial score (nSPS) is 12.8. The number of thioether (sulfide) groups is 1. The average molecular weight is 379 g/mol. The summed E-state index contributed by atoms with van der Waals surface area (Å²) in [5.41, 5.74) is 5.72. The first kappa shape index (κ1) is 17.8. The highest BCUT2D eigenvalue weighted by Gasteiger charge is 2.13. The highest BCUT2D eigenvalue weighted by atomic mass is 32.2. The van der Waals surface area contributed by atoms with Gasteiger partial charge in [-0.15, -0.1) is 10.2 Å². The average Bonchev–Trinajstić information content (AvgIpc) is 3.31. The van der Waals surface area contributed by atoms with Crippen LogP contribution in [0.15, 0.2) is 52.1 Å². The molecule has 1 aliphatic carbocycles. The molecule has 0 atom stereocenters. The largest absolute Gasteiger partial charge is 0.411 e. The Bertz CT molecular complexity index is 950. The van der Waals surface area contributed by atoms with E-state index in [9.17, 15) is 4.79 Å². The van der Waals surface area contributed by atoms with E-state index in [2.05, 4.69) is 27.6 Å². The summed E-state index contributed by atoms with van der Waals surface area (Å²) in [5.74, 6) is 1.09. The molecule has 0 radical (unpaired) electrons. The highest BCUT2D eigenvalue weighted by molar-refractivity contribution is 7.99. The Hall–Kier alpha value is -2.60. The van der Waals surface area contributed by atoms with Gasteiger partial charge in [-0.1, -0.05) is 35.5 Å². The first-order chi connectivity index (χ1) is 13.2. The van der Waals surface area contributed by atoms with Gasteiger partial charge in [-0.3, -0.25) is 4.79 Å². The van der Waals surface area contributed by atoms with Gasteiger partial charge in [0.15, 0.2) is 0 Å². The van der Waals surface area contributed by atoms with Crippen LogP contribution in [-0.2, 0) is 17.6 Å². The van der Waals surface area contributed by atoms with Crippen LogP contribution in [0.1, 0.15) is 29.5 Å². The number of aryl methyl sites for hydroxylation is 3. The minimum Gasteiger partial charge on any atom is -0.411 e. The number of hydrogen-bond acceptors (Lipinski definition) is 5. The van der Waals surface area contributed by atoms with E-state index in [1.54, 1.807) is 0 Å². The quantitative estimate of drug-likeness (QED) is 0.631. The van der Waals surface area contributed by atoms with E-state index < -0.39 is 0 Å². The monoisotopic (exact) mass is 379 g/mol. The summed E-state index contributed by atoms with van der Waals surface area (Å²) in [5, 5.41) is 11.6. The Kier molecular flexibility index (Phi) is 5.25. The third kappa shape index (κ3) is 4.39. The molecule has 1 aromatic heterocycles. The molecular formula is C21H21N3O2S. The number of carbonyl (C=O) groups excluding carboxylic acids is 1. The van der Waals surface area contributed by atoms with Gasteiger partial charge in [0.25, 0.3) is 5.22 Å². The minimum absolute atomic E-state index is 0.00118. The van der Waals surface area contributed by atoms with Crippen LogP contribution in [0.2, 0.25) is 0 Å². The van der Waals surface area contributed by atoms with E-state index in [1.807, 2.05) is 37.3 Å². The van der Waals surface area contributed by atoms with E-state index in [-0.39, 0.29) is 5.91 Å². The fraction of sp³-hybridized carbons (Fsp3) is 0.286. The molecule has 2 aromatic carbocycles. The number of hydrogen-bond donors (Lipinski definition) is 1. The van der Waals surface area contributed by atoms with Crippen molar-refractivity contribution in [2.75, 3.05) is 11.1 Å². The summed E-state index contributed by atoms with van der Waals surface area (Å²) in [4.78, 5) is 12.2. The lowest BCUT2D eigenvalue weighted by Gasteiger charge is -2.07. The Morgan fingerprint density at radius 2 is 1.93 bits per heavy atom. The summed E-state index contributed by atoms with van der Waals surface area (Å²) < 4.78 is 5.67. The van der Waals surface area contributed by atoms with Crippen molar-refractivity contribution in [1.29, 1.82) is 0 Å². The van der Waals surface area contributed by atoms with E-state index in [4.69, 9.17) is 4.42 Å². The van der Waals surface area contributed by atoms with Crippen LogP contribution in [0, 0.1) is 6.92 Å². The Labute approximate surface area is 162 Å². The first-order valence-corrected chi connectivity index (χ1v) is 10.1. The molecule has 0 aliphatic heterocycles. The summed E-state index contributed by atoms with van der Waals surface area (Å²) in [6.45, 7) is 2.03. The number of rotatable bonds is 6. The number of carbonyl (C=O) groups is 1. The third-order valence-electron chi connectivity index (χ3n) is 4.64. The van der Waals surface area contributed by atoms with Gasteiger partial charge >= 0.3 is 0 Å². The molecule has 5 nitrogen and oxygen atoms in total. The fourth-order valence-electron chi connectivity index (χ4n) is 3.19. The number of nitrogens with one attached hydrogen (secondary N) is 1. The summed E-state index contributed by atoms with van der Waals surface area (Å²) >= 11 is 1.40. The topological polar surface area (TPSA) is 68.0 Å². The molecule has 1 N–H and O–H groups in total. The van der Waals surface area contributed by atoms with Crippen molar-refractivity contribution < 1.29 is 9.21 Å². The smallest absolute Gasteiger partial charge is 0.276 e. The maximum Gasteiger partial charge on any atom is 0.276 e. The van der Waals surface area contributed by atoms with Gasteiger partial charge < -0.3 is 9.73 Å². The van der Waals surface area contributed by atoms with Gasteiger partial charge in [0.1, 0.15) is 0 Å².